The lowest BCUT2D eigenvalue weighted by atomic mass is 9.90. The van der Waals surface area contributed by atoms with Crippen molar-refractivity contribution in [1.82, 2.24) is 4.90 Å². The van der Waals surface area contributed by atoms with E-state index in [4.69, 9.17) is 9.57 Å². The molecule has 0 amide bonds. The first-order chi connectivity index (χ1) is 14.6. The Hall–Kier alpha value is -2.48. The SMILES string of the molecule is [O-][NH+]1COc2cc(C3=NOC(CN4CCC(Cc5ccc(F)cc5)CC4)C3)ccc21. The lowest BCUT2D eigenvalue weighted by Gasteiger charge is -2.33. The molecule has 0 saturated carbocycles. The molecule has 7 heteroatoms. The number of halogens is 1. The van der Waals surface area contributed by atoms with Crippen LogP contribution in [0.2, 0.25) is 0 Å². The monoisotopic (exact) mass is 411 g/mol. The Bertz CT molecular complexity index is 926. The van der Waals surface area contributed by atoms with Gasteiger partial charge in [0.2, 0.25) is 6.73 Å². The lowest BCUT2D eigenvalue weighted by Crippen LogP contribution is -3.00. The zero-order chi connectivity index (χ0) is 20.5. The molecule has 1 fully saturated rings. The van der Waals surface area contributed by atoms with E-state index in [1.807, 2.05) is 30.3 Å². The van der Waals surface area contributed by atoms with Crippen molar-refractivity contribution in [3.8, 4) is 5.75 Å². The van der Waals surface area contributed by atoms with Crippen molar-refractivity contribution in [2.45, 2.75) is 31.8 Å². The number of ether oxygens (including phenoxy) is 1. The van der Waals surface area contributed by atoms with Crippen molar-refractivity contribution in [3.05, 3.63) is 64.6 Å². The fourth-order valence-corrected chi connectivity index (χ4v) is 4.58. The number of hydrogen-bond donors (Lipinski definition) is 1. The highest BCUT2D eigenvalue weighted by Gasteiger charge is 2.28. The topological polar surface area (TPSA) is 61.6 Å². The number of piperidine rings is 1. The second-order valence-electron chi connectivity index (χ2n) is 8.47. The minimum absolute atomic E-state index is 0.0295. The van der Waals surface area contributed by atoms with Crippen molar-refractivity contribution < 1.29 is 19.0 Å². The van der Waals surface area contributed by atoms with E-state index in [2.05, 4.69) is 10.1 Å². The first-order valence-electron chi connectivity index (χ1n) is 10.6. The van der Waals surface area contributed by atoms with Gasteiger partial charge in [-0.1, -0.05) is 17.3 Å². The van der Waals surface area contributed by atoms with E-state index < -0.39 is 0 Å². The summed E-state index contributed by atoms with van der Waals surface area (Å²) in [6.07, 6.45) is 4.14. The molecule has 5 rings (SSSR count). The lowest BCUT2D eigenvalue weighted by molar-refractivity contribution is -0.784. The third-order valence-corrected chi connectivity index (χ3v) is 6.31. The maximum Gasteiger partial charge on any atom is 0.227 e. The van der Waals surface area contributed by atoms with Crippen LogP contribution in [0.3, 0.4) is 0 Å². The summed E-state index contributed by atoms with van der Waals surface area (Å²) in [6.45, 7) is 3.10. The molecule has 0 aliphatic carbocycles. The molecule has 1 N–H and O–H groups in total. The quantitative estimate of drug-likeness (QED) is 0.769. The van der Waals surface area contributed by atoms with Gasteiger partial charge in [-0.05, 0) is 68.1 Å². The third kappa shape index (κ3) is 4.19. The molecule has 0 radical (unpaired) electrons. The molecule has 158 valence electrons. The average molecular weight is 411 g/mol. The fourth-order valence-electron chi connectivity index (χ4n) is 4.58. The number of benzene rings is 2. The number of hydrogen-bond acceptors (Lipinski definition) is 5. The Morgan fingerprint density at radius 1 is 1.13 bits per heavy atom. The van der Waals surface area contributed by atoms with Crippen molar-refractivity contribution in [2.75, 3.05) is 26.4 Å². The van der Waals surface area contributed by atoms with Crippen LogP contribution in [0.15, 0.2) is 47.6 Å². The minimum Gasteiger partial charge on any atom is -0.626 e. The number of nitrogens with zero attached hydrogens (tertiary/aromatic N) is 2. The van der Waals surface area contributed by atoms with Gasteiger partial charge in [0.15, 0.2) is 11.4 Å². The van der Waals surface area contributed by atoms with Gasteiger partial charge in [-0.15, -0.1) is 0 Å². The van der Waals surface area contributed by atoms with E-state index >= 15 is 0 Å². The molecule has 3 aliphatic rings. The Kier molecular flexibility index (Phi) is 5.41. The van der Waals surface area contributed by atoms with E-state index in [9.17, 15) is 9.60 Å². The summed E-state index contributed by atoms with van der Waals surface area (Å²) in [6, 6.07) is 12.5. The van der Waals surface area contributed by atoms with Crippen LogP contribution < -0.4 is 9.80 Å². The molecule has 3 aliphatic heterocycles. The first kappa shape index (κ1) is 19.5. The molecule has 2 aromatic carbocycles. The molecule has 6 nitrogen and oxygen atoms in total. The van der Waals surface area contributed by atoms with Crippen molar-refractivity contribution in [3.63, 3.8) is 0 Å². The molecular weight excluding hydrogens is 385 g/mol. The molecule has 2 unspecified atom stereocenters. The number of hydroxylamine groups is 1. The largest absolute Gasteiger partial charge is 0.626 e. The van der Waals surface area contributed by atoms with Gasteiger partial charge >= 0.3 is 0 Å². The number of nitrogens with one attached hydrogen (secondary N) is 1. The van der Waals surface area contributed by atoms with Crippen molar-refractivity contribution in [2.24, 2.45) is 11.1 Å². The van der Waals surface area contributed by atoms with Crippen LogP contribution in [0.1, 0.15) is 30.4 Å². The molecule has 0 aromatic heterocycles. The maximum atomic E-state index is 13.1. The molecular formula is C23H26FN3O3. The van der Waals surface area contributed by atoms with Crippen LogP contribution >= 0.6 is 0 Å². The molecule has 2 aromatic rings. The molecule has 3 heterocycles. The third-order valence-electron chi connectivity index (χ3n) is 6.31. The number of quaternary nitrogens is 1. The number of rotatable bonds is 5. The van der Waals surface area contributed by atoms with E-state index in [0.29, 0.717) is 17.4 Å². The Morgan fingerprint density at radius 3 is 2.73 bits per heavy atom. The molecule has 1 saturated heterocycles. The Labute approximate surface area is 175 Å². The standard InChI is InChI=1S/C23H26FN3O3/c24-19-4-1-16(2-5-19)11-17-7-9-26(10-8-17)14-20-13-21(25-30-20)18-3-6-22-23(12-18)29-15-27(22)28/h1-6,12,17,20,27H,7-11,13-15H2. The van der Waals surface area contributed by atoms with Gasteiger partial charge in [0.25, 0.3) is 0 Å². The van der Waals surface area contributed by atoms with Gasteiger partial charge in [0.05, 0.1) is 5.71 Å². The van der Waals surface area contributed by atoms with Gasteiger partial charge in [-0.25, -0.2) is 4.39 Å². The van der Waals surface area contributed by atoms with E-state index in [0.717, 1.165) is 56.6 Å². The highest BCUT2D eigenvalue weighted by molar-refractivity contribution is 6.01. The fraction of sp³-hybridized carbons (Fsp3) is 0.435. The van der Waals surface area contributed by atoms with E-state index in [-0.39, 0.29) is 23.7 Å². The summed E-state index contributed by atoms with van der Waals surface area (Å²) in [7, 11) is 0. The van der Waals surface area contributed by atoms with Gasteiger partial charge < -0.3 is 19.8 Å². The zero-order valence-electron chi connectivity index (χ0n) is 16.9. The summed E-state index contributed by atoms with van der Waals surface area (Å²) in [5, 5.41) is 16.0. The maximum absolute atomic E-state index is 13.1. The van der Waals surface area contributed by atoms with Crippen LogP contribution in [0.4, 0.5) is 10.1 Å². The second-order valence-corrected chi connectivity index (χ2v) is 8.47. The van der Waals surface area contributed by atoms with E-state index in [1.165, 1.54) is 5.56 Å². The normalized spacial score (nSPS) is 24.3. The van der Waals surface area contributed by atoms with E-state index in [1.54, 1.807) is 12.1 Å². The molecule has 30 heavy (non-hydrogen) atoms. The van der Waals surface area contributed by atoms with Crippen molar-refractivity contribution >= 4 is 11.4 Å². The van der Waals surface area contributed by atoms with Crippen LogP contribution in [-0.2, 0) is 11.3 Å². The number of oxime groups is 1. The first-order valence-corrected chi connectivity index (χ1v) is 10.6. The van der Waals surface area contributed by atoms with Crippen LogP contribution in [0, 0.1) is 16.9 Å². The number of likely N-dealkylation sites (tertiary alicyclic amines) is 1. The van der Waals surface area contributed by atoms with Crippen molar-refractivity contribution in [1.29, 1.82) is 0 Å². The van der Waals surface area contributed by atoms with Crippen LogP contribution in [0.5, 0.6) is 5.75 Å². The van der Waals surface area contributed by atoms with Crippen LogP contribution in [-0.4, -0.2) is 43.1 Å². The summed E-state index contributed by atoms with van der Waals surface area (Å²) in [5.41, 5.74) is 3.74. The highest BCUT2D eigenvalue weighted by Crippen LogP contribution is 2.28. The summed E-state index contributed by atoms with van der Waals surface area (Å²) in [5.74, 6) is 1.12. The van der Waals surface area contributed by atoms with Gasteiger partial charge in [0.1, 0.15) is 11.9 Å². The summed E-state index contributed by atoms with van der Waals surface area (Å²) < 4.78 is 18.5. The predicted molar refractivity (Wildman–Crippen MR) is 111 cm³/mol. The average Bonchev–Trinajstić information content (AvgIpc) is 3.38. The molecule has 0 spiro atoms. The van der Waals surface area contributed by atoms with Gasteiger partial charge in [-0.3, -0.25) is 4.90 Å². The van der Waals surface area contributed by atoms with Gasteiger partial charge in [-0.2, -0.15) is 0 Å². The zero-order valence-corrected chi connectivity index (χ0v) is 16.9. The second kappa shape index (κ2) is 8.34. The highest BCUT2D eigenvalue weighted by atomic mass is 19.1. The molecule has 0 bridgehead atoms. The Morgan fingerprint density at radius 2 is 1.93 bits per heavy atom. The summed E-state index contributed by atoms with van der Waals surface area (Å²) >= 11 is 0. The molecule has 2 atom stereocenters. The minimum atomic E-state index is -0.173. The van der Waals surface area contributed by atoms with Gasteiger partial charge in [0, 0.05) is 24.6 Å². The predicted octanol–water partition coefficient (Wildman–Crippen LogP) is 2.64. The summed E-state index contributed by atoms with van der Waals surface area (Å²) in [4.78, 5) is 8.15. The Balaban J connectivity index is 1.10. The van der Waals surface area contributed by atoms with Crippen LogP contribution in [0.25, 0.3) is 0 Å². The smallest absolute Gasteiger partial charge is 0.227 e. The number of fused-ring (bicyclic) bond motifs is 1.